The summed E-state index contributed by atoms with van der Waals surface area (Å²) < 4.78 is 5.48. The Hall–Kier alpha value is -1.62. The number of nitrogens with zero attached hydrogens (tertiary/aromatic N) is 2. The van der Waals surface area contributed by atoms with Gasteiger partial charge in [0.25, 0.3) is 5.69 Å². The first-order chi connectivity index (χ1) is 9.04. The molecule has 2 rings (SSSR count). The number of ether oxygens (including phenoxy) is 1. The molecule has 1 aliphatic heterocycles. The monoisotopic (exact) mass is 264 g/mol. The Bertz CT molecular complexity index is 476. The Labute approximate surface area is 113 Å². The van der Waals surface area contributed by atoms with Gasteiger partial charge in [0.15, 0.2) is 0 Å². The van der Waals surface area contributed by atoms with Gasteiger partial charge >= 0.3 is 0 Å². The van der Waals surface area contributed by atoms with Gasteiger partial charge in [-0.05, 0) is 24.8 Å². The van der Waals surface area contributed by atoms with Crippen LogP contribution in [0.15, 0.2) is 18.2 Å². The van der Waals surface area contributed by atoms with Crippen molar-refractivity contribution in [3.8, 4) is 0 Å². The number of aryl methyl sites for hydroxylation is 1. The Morgan fingerprint density at radius 3 is 2.84 bits per heavy atom. The maximum Gasteiger partial charge on any atom is 0.292 e. The SMILES string of the molecule is COC1CN(c2c(C)cccc2[N+](=O)[O-])CCC1C. The van der Waals surface area contributed by atoms with E-state index >= 15 is 0 Å². The Morgan fingerprint density at radius 2 is 2.21 bits per heavy atom. The van der Waals surface area contributed by atoms with Gasteiger partial charge in [-0.1, -0.05) is 19.1 Å². The van der Waals surface area contributed by atoms with Crippen LogP contribution >= 0.6 is 0 Å². The van der Waals surface area contributed by atoms with E-state index in [9.17, 15) is 10.1 Å². The number of anilines is 1. The van der Waals surface area contributed by atoms with E-state index in [1.54, 1.807) is 19.2 Å². The molecule has 1 aromatic carbocycles. The van der Waals surface area contributed by atoms with Crippen molar-refractivity contribution in [2.75, 3.05) is 25.1 Å². The van der Waals surface area contributed by atoms with Crippen molar-refractivity contribution in [1.29, 1.82) is 0 Å². The van der Waals surface area contributed by atoms with Crippen LogP contribution in [0.2, 0.25) is 0 Å². The fourth-order valence-electron chi connectivity index (χ4n) is 2.75. The van der Waals surface area contributed by atoms with Crippen LogP contribution in [-0.2, 0) is 4.74 Å². The van der Waals surface area contributed by atoms with Gasteiger partial charge in [0, 0.05) is 26.3 Å². The highest BCUT2D eigenvalue weighted by Crippen LogP contribution is 2.34. The minimum absolute atomic E-state index is 0.132. The normalized spacial score (nSPS) is 23.4. The Morgan fingerprint density at radius 1 is 1.47 bits per heavy atom. The number of hydrogen-bond acceptors (Lipinski definition) is 4. The van der Waals surface area contributed by atoms with Crippen LogP contribution in [-0.4, -0.2) is 31.2 Å². The van der Waals surface area contributed by atoms with E-state index in [1.807, 2.05) is 13.0 Å². The number of rotatable bonds is 3. The first kappa shape index (κ1) is 13.8. The molecular formula is C14H20N2O3. The van der Waals surface area contributed by atoms with Crippen LogP contribution in [0.3, 0.4) is 0 Å². The third kappa shape index (κ3) is 2.71. The summed E-state index contributed by atoms with van der Waals surface area (Å²) in [6, 6.07) is 5.22. The first-order valence-electron chi connectivity index (χ1n) is 6.56. The zero-order valence-corrected chi connectivity index (χ0v) is 11.6. The van der Waals surface area contributed by atoms with E-state index in [2.05, 4.69) is 11.8 Å². The molecule has 0 radical (unpaired) electrons. The molecule has 5 nitrogen and oxygen atoms in total. The molecule has 0 bridgehead atoms. The molecule has 0 saturated carbocycles. The lowest BCUT2D eigenvalue weighted by Gasteiger charge is -2.37. The molecule has 1 saturated heterocycles. The minimum Gasteiger partial charge on any atom is -0.379 e. The first-order valence-corrected chi connectivity index (χ1v) is 6.56. The van der Waals surface area contributed by atoms with E-state index in [0.717, 1.165) is 24.2 Å². The predicted molar refractivity (Wildman–Crippen MR) is 74.6 cm³/mol. The average Bonchev–Trinajstić information content (AvgIpc) is 2.39. The smallest absolute Gasteiger partial charge is 0.292 e. The summed E-state index contributed by atoms with van der Waals surface area (Å²) >= 11 is 0. The summed E-state index contributed by atoms with van der Waals surface area (Å²) in [4.78, 5) is 13.0. The summed E-state index contributed by atoms with van der Waals surface area (Å²) in [5, 5.41) is 11.2. The lowest BCUT2D eigenvalue weighted by Crippen LogP contribution is -2.44. The van der Waals surface area contributed by atoms with Crippen molar-refractivity contribution < 1.29 is 9.66 Å². The predicted octanol–water partition coefficient (Wildman–Crippen LogP) is 2.76. The topological polar surface area (TPSA) is 55.6 Å². The maximum absolute atomic E-state index is 11.2. The molecule has 5 heteroatoms. The van der Waals surface area contributed by atoms with Crippen molar-refractivity contribution in [2.24, 2.45) is 5.92 Å². The highest BCUT2D eigenvalue weighted by atomic mass is 16.6. The van der Waals surface area contributed by atoms with Gasteiger partial charge in [0.2, 0.25) is 0 Å². The number of nitro groups is 1. The largest absolute Gasteiger partial charge is 0.379 e. The van der Waals surface area contributed by atoms with Crippen LogP contribution in [0.5, 0.6) is 0 Å². The molecule has 0 spiro atoms. The molecule has 2 atom stereocenters. The number of piperidine rings is 1. The van der Waals surface area contributed by atoms with Crippen molar-refractivity contribution in [3.63, 3.8) is 0 Å². The van der Waals surface area contributed by atoms with Gasteiger partial charge in [0.1, 0.15) is 5.69 Å². The molecule has 2 unspecified atom stereocenters. The van der Waals surface area contributed by atoms with Crippen molar-refractivity contribution in [3.05, 3.63) is 33.9 Å². The van der Waals surface area contributed by atoms with Gasteiger partial charge in [-0.15, -0.1) is 0 Å². The third-order valence-electron chi connectivity index (χ3n) is 3.92. The van der Waals surface area contributed by atoms with Gasteiger partial charge in [-0.25, -0.2) is 0 Å². The summed E-state index contributed by atoms with van der Waals surface area (Å²) in [7, 11) is 1.71. The number of methoxy groups -OCH3 is 1. The van der Waals surface area contributed by atoms with Crippen LogP contribution in [0.4, 0.5) is 11.4 Å². The van der Waals surface area contributed by atoms with Crippen LogP contribution in [0.1, 0.15) is 18.9 Å². The van der Waals surface area contributed by atoms with Gasteiger partial charge in [0.05, 0.1) is 11.0 Å². The van der Waals surface area contributed by atoms with E-state index in [0.29, 0.717) is 12.5 Å². The molecule has 0 N–H and O–H groups in total. The zero-order valence-electron chi connectivity index (χ0n) is 11.6. The molecule has 0 amide bonds. The van der Waals surface area contributed by atoms with Crippen molar-refractivity contribution in [2.45, 2.75) is 26.4 Å². The lowest BCUT2D eigenvalue weighted by atomic mass is 9.94. The van der Waals surface area contributed by atoms with Gasteiger partial charge in [-0.2, -0.15) is 0 Å². The molecule has 1 heterocycles. The molecule has 104 valence electrons. The maximum atomic E-state index is 11.2. The average molecular weight is 264 g/mol. The molecule has 19 heavy (non-hydrogen) atoms. The molecule has 1 aromatic rings. The minimum atomic E-state index is -0.303. The van der Waals surface area contributed by atoms with Gasteiger partial charge in [-0.3, -0.25) is 10.1 Å². The molecular weight excluding hydrogens is 244 g/mol. The highest BCUT2D eigenvalue weighted by Gasteiger charge is 2.30. The summed E-state index contributed by atoms with van der Waals surface area (Å²) in [6.07, 6.45) is 1.12. The number of nitro benzene ring substituents is 1. The highest BCUT2D eigenvalue weighted by molar-refractivity contribution is 5.68. The zero-order chi connectivity index (χ0) is 14.0. The summed E-state index contributed by atoms with van der Waals surface area (Å²) in [5.41, 5.74) is 1.87. The molecule has 1 fully saturated rings. The molecule has 0 aliphatic carbocycles. The van der Waals surface area contributed by atoms with E-state index < -0.39 is 0 Å². The quantitative estimate of drug-likeness (QED) is 0.622. The number of hydrogen-bond donors (Lipinski definition) is 0. The summed E-state index contributed by atoms with van der Waals surface area (Å²) in [5.74, 6) is 0.490. The lowest BCUT2D eigenvalue weighted by molar-refractivity contribution is -0.384. The Balaban J connectivity index is 2.34. The second-order valence-electron chi connectivity index (χ2n) is 5.19. The van der Waals surface area contributed by atoms with Crippen molar-refractivity contribution >= 4 is 11.4 Å². The van der Waals surface area contributed by atoms with E-state index in [1.165, 1.54) is 0 Å². The number of para-hydroxylation sites is 1. The molecule has 0 aromatic heterocycles. The van der Waals surface area contributed by atoms with E-state index in [4.69, 9.17) is 4.74 Å². The second-order valence-corrected chi connectivity index (χ2v) is 5.19. The van der Waals surface area contributed by atoms with Crippen molar-refractivity contribution in [1.82, 2.24) is 0 Å². The van der Waals surface area contributed by atoms with Crippen LogP contribution in [0.25, 0.3) is 0 Å². The van der Waals surface area contributed by atoms with Gasteiger partial charge < -0.3 is 9.64 Å². The molecule has 1 aliphatic rings. The number of benzene rings is 1. The third-order valence-corrected chi connectivity index (χ3v) is 3.92. The standard InChI is InChI=1S/C14H20N2O3/c1-10-7-8-15(9-13(10)19-3)14-11(2)5-4-6-12(14)16(17)18/h4-6,10,13H,7-9H2,1-3H3. The Kier molecular flexibility index (Phi) is 4.04. The van der Waals surface area contributed by atoms with Crippen LogP contribution in [0, 0.1) is 23.0 Å². The summed E-state index contributed by atoms with van der Waals surface area (Å²) in [6.45, 7) is 5.63. The second kappa shape index (κ2) is 5.57. The fraction of sp³-hybridized carbons (Fsp3) is 0.571. The van der Waals surface area contributed by atoms with Crippen LogP contribution < -0.4 is 4.90 Å². The van der Waals surface area contributed by atoms with E-state index in [-0.39, 0.29) is 16.7 Å². The fourth-order valence-corrected chi connectivity index (χ4v) is 2.75.